The number of H-pyrrole nitrogens is 1. The van der Waals surface area contributed by atoms with Crippen LogP contribution >= 0.6 is 11.8 Å². The van der Waals surface area contributed by atoms with E-state index in [1.54, 1.807) is 6.20 Å². The summed E-state index contributed by atoms with van der Waals surface area (Å²) in [4.78, 5) is 18.8. The topological polar surface area (TPSA) is 91.8 Å². The maximum absolute atomic E-state index is 10.4. The fraction of sp³-hybridized carbons (Fsp3) is 0.200. The summed E-state index contributed by atoms with van der Waals surface area (Å²) in [6.07, 6.45) is 1.68. The number of carboxylic acids is 1. The number of carbonyl (C=O) groups is 1. The SMILES string of the molecule is Cc1cccnc1-c1nc(SCC(=O)O)n[nH]1. The molecule has 2 aromatic heterocycles. The minimum Gasteiger partial charge on any atom is -0.481 e. The van der Waals surface area contributed by atoms with Crippen molar-refractivity contribution < 1.29 is 9.90 Å². The molecule has 88 valence electrons. The third kappa shape index (κ3) is 2.82. The van der Waals surface area contributed by atoms with E-state index >= 15 is 0 Å². The van der Waals surface area contributed by atoms with Crippen molar-refractivity contribution in [3.05, 3.63) is 23.9 Å². The van der Waals surface area contributed by atoms with Gasteiger partial charge in [-0.25, -0.2) is 0 Å². The van der Waals surface area contributed by atoms with E-state index < -0.39 is 5.97 Å². The Morgan fingerprint density at radius 3 is 3.12 bits per heavy atom. The average Bonchev–Trinajstić information content (AvgIpc) is 2.75. The maximum atomic E-state index is 10.4. The van der Waals surface area contributed by atoms with Crippen LogP contribution in [0.5, 0.6) is 0 Å². The molecule has 0 aliphatic heterocycles. The van der Waals surface area contributed by atoms with E-state index in [9.17, 15) is 4.79 Å². The smallest absolute Gasteiger partial charge is 0.313 e. The van der Waals surface area contributed by atoms with Gasteiger partial charge in [-0.05, 0) is 18.6 Å². The molecular weight excluding hydrogens is 240 g/mol. The molecule has 2 aromatic rings. The van der Waals surface area contributed by atoms with Gasteiger partial charge in [-0.1, -0.05) is 17.8 Å². The predicted molar refractivity (Wildman–Crippen MR) is 62.7 cm³/mol. The van der Waals surface area contributed by atoms with E-state index in [1.165, 1.54) is 0 Å². The summed E-state index contributed by atoms with van der Waals surface area (Å²) in [5.41, 5.74) is 1.71. The van der Waals surface area contributed by atoms with Crippen LogP contribution in [0.4, 0.5) is 0 Å². The molecule has 0 bridgehead atoms. The number of aryl methyl sites for hydroxylation is 1. The molecule has 17 heavy (non-hydrogen) atoms. The Labute approximate surface area is 101 Å². The van der Waals surface area contributed by atoms with Crippen LogP contribution in [0.25, 0.3) is 11.5 Å². The first-order valence-electron chi connectivity index (χ1n) is 4.86. The second-order valence-electron chi connectivity index (χ2n) is 3.32. The number of nitrogens with zero attached hydrogens (tertiary/aromatic N) is 3. The highest BCUT2D eigenvalue weighted by Crippen LogP contribution is 2.19. The molecule has 0 aliphatic rings. The third-order valence-corrected chi connectivity index (χ3v) is 2.86. The number of hydrogen-bond donors (Lipinski definition) is 2. The van der Waals surface area contributed by atoms with Gasteiger partial charge in [-0.3, -0.25) is 14.9 Å². The lowest BCUT2D eigenvalue weighted by molar-refractivity contribution is -0.133. The lowest BCUT2D eigenvalue weighted by atomic mass is 10.2. The first-order chi connectivity index (χ1) is 8.16. The van der Waals surface area contributed by atoms with Crippen LogP contribution in [0, 0.1) is 6.92 Å². The molecule has 6 nitrogen and oxygen atoms in total. The van der Waals surface area contributed by atoms with Crippen molar-refractivity contribution in [1.29, 1.82) is 0 Å². The van der Waals surface area contributed by atoms with Crippen LogP contribution in [0.1, 0.15) is 5.56 Å². The van der Waals surface area contributed by atoms with Crippen LogP contribution in [-0.2, 0) is 4.79 Å². The highest BCUT2D eigenvalue weighted by molar-refractivity contribution is 7.99. The van der Waals surface area contributed by atoms with Crippen molar-refractivity contribution in [3.8, 4) is 11.5 Å². The van der Waals surface area contributed by atoms with Crippen molar-refractivity contribution in [2.75, 3.05) is 5.75 Å². The van der Waals surface area contributed by atoms with Gasteiger partial charge in [-0.15, -0.1) is 5.10 Å². The second kappa shape index (κ2) is 4.96. The summed E-state index contributed by atoms with van der Waals surface area (Å²) in [5.74, 6) is -0.398. The normalized spacial score (nSPS) is 10.4. The summed E-state index contributed by atoms with van der Waals surface area (Å²) in [6.45, 7) is 1.93. The Hall–Kier alpha value is -1.89. The van der Waals surface area contributed by atoms with Gasteiger partial charge in [0.05, 0.1) is 5.75 Å². The molecule has 0 spiro atoms. The van der Waals surface area contributed by atoms with Crippen molar-refractivity contribution >= 4 is 17.7 Å². The van der Waals surface area contributed by atoms with Crippen LogP contribution in [0.3, 0.4) is 0 Å². The summed E-state index contributed by atoms with van der Waals surface area (Å²) < 4.78 is 0. The zero-order valence-corrected chi connectivity index (χ0v) is 9.86. The van der Waals surface area contributed by atoms with Gasteiger partial charge in [0.2, 0.25) is 5.16 Å². The number of hydrogen-bond acceptors (Lipinski definition) is 5. The number of aliphatic carboxylic acids is 1. The Morgan fingerprint density at radius 1 is 1.59 bits per heavy atom. The number of carboxylic acid groups (broad SMARTS) is 1. The standard InChI is InChI=1S/C10H10N4O2S/c1-6-3-2-4-11-8(6)9-12-10(14-13-9)17-5-7(15)16/h2-4H,5H2,1H3,(H,15,16)(H,12,13,14). The van der Waals surface area contributed by atoms with Crippen molar-refractivity contribution in [1.82, 2.24) is 20.2 Å². The molecule has 0 saturated carbocycles. The monoisotopic (exact) mass is 250 g/mol. The van der Waals surface area contributed by atoms with Crippen molar-refractivity contribution in [2.24, 2.45) is 0 Å². The number of aromatic amines is 1. The zero-order valence-electron chi connectivity index (χ0n) is 9.04. The average molecular weight is 250 g/mol. The second-order valence-corrected chi connectivity index (χ2v) is 4.26. The fourth-order valence-electron chi connectivity index (χ4n) is 1.28. The molecule has 2 N–H and O–H groups in total. The largest absolute Gasteiger partial charge is 0.481 e. The van der Waals surface area contributed by atoms with E-state index in [0.717, 1.165) is 23.0 Å². The quantitative estimate of drug-likeness (QED) is 0.796. The lowest BCUT2D eigenvalue weighted by Gasteiger charge is -1.98. The summed E-state index contributed by atoms with van der Waals surface area (Å²) in [7, 11) is 0. The van der Waals surface area contributed by atoms with Gasteiger partial charge in [0.25, 0.3) is 0 Å². The lowest BCUT2D eigenvalue weighted by Crippen LogP contribution is -1.97. The number of rotatable bonds is 4. The molecule has 2 heterocycles. The molecule has 0 aromatic carbocycles. The van der Waals surface area contributed by atoms with Crippen molar-refractivity contribution in [2.45, 2.75) is 12.1 Å². The molecule has 0 atom stereocenters. The number of aromatic nitrogens is 4. The summed E-state index contributed by atoms with van der Waals surface area (Å²) in [6, 6.07) is 3.77. The summed E-state index contributed by atoms with van der Waals surface area (Å²) >= 11 is 1.07. The molecule has 0 amide bonds. The van der Waals surface area contributed by atoms with Gasteiger partial charge in [0.1, 0.15) is 5.69 Å². The van der Waals surface area contributed by atoms with E-state index in [2.05, 4.69) is 20.2 Å². The molecule has 7 heteroatoms. The van der Waals surface area contributed by atoms with Gasteiger partial charge < -0.3 is 5.11 Å². The van der Waals surface area contributed by atoms with Gasteiger partial charge in [0.15, 0.2) is 5.82 Å². The van der Waals surface area contributed by atoms with Crippen LogP contribution in [0.15, 0.2) is 23.5 Å². The Bertz CT molecular complexity index is 541. The molecule has 0 radical (unpaired) electrons. The van der Waals surface area contributed by atoms with E-state index in [0.29, 0.717) is 11.0 Å². The first kappa shape index (κ1) is 11.6. The zero-order chi connectivity index (χ0) is 12.3. The fourth-order valence-corrected chi connectivity index (χ4v) is 1.80. The van der Waals surface area contributed by atoms with Gasteiger partial charge in [-0.2, -0.15) is 4.98 Å². The van der Waals surface area contributed by atoms with E-state index in [-0.39, 0.29) is 5.75 Å². The van der Waals surface area contributed by atoms with Crippen LogP contribution in [0.2, 0.25) is 0 Å². The minimum absolute atomic E-state index is 0.0570. The van der Waals surface area contributed by atoms with Crippen molar-refractivity contribution in [3.63, 3.8) is 0 Å². The Kier molecular flexibility index (Phi) is 3.38. The van der Waals surface area contributed by atoms with E-state index in [1.807, 2.05) is 19.1 Å². The van der Waals surface area contributed by atoms with Gasteiger partial charge >= 0.3 is 5.97 Å². The molecule has 2 rings (SSSR count). The maximum Gasteiger partial charge on any atom is 0.313 e. The highest BCUT2D eigenvalue weighted by atomic mass is 32.2. The minimum atomic E-state index is -0.893. The van der Waals surface area contributed by atoms with E-state index in [4.69, 9.17) is 5.11 Å². The van der Waals surface area contributed by atoms with Crippen LogP contribution < -0.4 is 0 Å². The molecule has 0 aliphatic carbocycles. The molecule has 0 unspecified atom stereocenters. The molecule has 0 fully saturated rings. The Balaban J connectivity index is 2.18. The number of thioether (sulfide) groups is 1. The molecule has 0 saturated heterocycles. The Morgan fingerprint density at radius 2 is 2.41 bits per heavy atom. The highest BCUT2D eigenvalue weighted by Gasteiger charge is 2.10. The van der Waals surface area contributed by atoms with Gasteiger partial charge in [0, 0.05) is 6.20 Å². The first-order valence-corrected chi connectivity index (χ1v) is 5.84. The molecular formula is C10H10N4O2S. The summed E-state index contributed by atoms with van der Waals surface area (Å²) in [5, 5.41) is 15.6. The predicted octanol–water partition coefficient (Wildman–Crippen LogP) is 1.35. The number of nitrogens with one attached hydrogen (secondary N) is 1. The van der Waals surface area contributed by atoms with Crippen LogP contribution in [-0.4, -0.2) is 37.0 Å². The number of pyridine rings is 1. The third-order valence-electron chi connectivity index (χ3n) is 2.02.